The fourth-order valence-corrected chi connectivity index (χ4v) is 3.65. The third-order valence-corrected chi connectivity index (χ3v) is 5.91. The molecule has 3 N–H and O–H groups in total. The molecule has 3 aromatic rings. The number of rotatable bonds is 9. The molecule has 0 saturated heterocycles. The number of aryl methyl sites for hydroxylation is 1. The van der Waals surface area contributed by atoms with Crippen LogP contribution in [0.3, 0.4) is 0 Å². The number of hydrogen-bond donors (Lipinski definition) is 3. The second kappa shape index (κ2) is 13.4. The van der Waals surface area contributed by atoms with Crippen molar-refractivity contribution in [3.05, 3.63) is 71.9 Å². The van der Waals surface area contributed by atoms with Crippen LogP contribution in [-0.2, 0) is 15.5 Å². The number of nitrogens with zero attached hydrogens (tertiary/aromatic N) is 2. The second-order valence-electron chi connectivity index (χ2n) is 8.97. The van der Waals surface area contributed by atoms with Crippen LogP contribution in [-0.4, -0.2) is 44.0 Å². The third kappa shape index (κ3) is 7.68. The van der Waals surface area contributed by atoms with E-state index < -0.39 is 17.7 Å². The van der Waals surface area contributed by atoms with Gasteiger partial charge in [-0.3, -0.25) is 9.78 Å². The molecule has 0 saturated carbocycles. The van der Waals surface area contributed by atoms with Gasteiger partial charge in [-0.05, 0) is 55.8 Å². The first-order chi connectivity index (χ1) is 17.9. The first-order valence-corrected chi connectivity index (χ1v) is 12.2. The first-order valence-electron chi connectivity index (χ1n) is 12.2. The number of aldehydes is 1. The molecule has 2 aromatic carbocycles. The Labute approximate surface area is 222 Å². The molecule has 0 spiro atoms. The van der Waals surface area contributed by atoms with Crippen LogP contribution < -0.4 is 15.5 Å². The molecule has 0 aliphatic carbocycles. The number of anilines is 3. The summed E-state index contributed by atoms with van der Waals surface area (Å²) in [5.74, 6) is -4.30. The van der Waals surface area contributed by atoms with Crippen LogP contribution in [0.5, 0.6) is 0 Å². The van der Waals surface area contributed by atoms with Gasteiger partial charge in [-0.15, -0.1) is 0 Å². The molecular formula is C29H35F2N5O2. The number of carbonyl (C=O) groups excluding carboxylic acids is 2. The summed E-state index contributed by atoms with van der Waals surface area (Å²) in [5, 5.41) is 13.1. The molecule has 202 valence electrons. The number of aromatic nitrogens is 1. The van der Waals surface area contributed by atoms with E-state index >= 15 is 0 Å². The number of amides is 1. The zero-order valence-electron chi connectivity index (χ0n) is 22.6. The van der Waals surface area contributed by atoms with Gasteiger partial charge in [-0.1, -0.05) is 25.1 Å². The Morgan fingerprint density at radius 3 is 2.39 bits per heavy atom. The van der Waals surface area contributed by atoms with Crippen molar-refractivity contribution in [1.82, 2.24) is 4.98 Å². The maximum absolute atomic E-state index is 13.2. The highest BCUT2D eigenvalue weighted by atomic mass is 19.3. The summed E-state index contributed by atoms with van der Waals surface area (Å²) in [4.78, 5) is 29.7. The van der Waals surface area contributed by atoms with Crippen molar-refractivity contribution < 1.29 is 18.4 Å². The minimum Gasteiger partial charge on any atom is -0.388 e. The van der Waals surface area contributed by atoms with E-state index in [1.165, 1.54) is 26.0 Å². The summed E-state index contributed by atoms with van der Waals surface area (Å²) in [6, 6.07) is 15.7. The fraction of sp³-hybridized carbons (Fsp3) is 0.310. The Hall–Kier alpha value is -4.14. The molecule has 0 bridgehead atoms. The average Bonchev–Trinajstić information content (AvgIpc) is 2.89. The predicted molar refractivity (Wildman–Crippen MR) is 150 cm³/mol. The molecule has 1 atom stereocenters. The number of hydrogen-bond acceptors (Lipinski definition) is 6. The minimum absolute atomic E-state index is 0.0122. The van der Waals surface area contributed by atoms with Crippen molar-refractivity contribution in [3.8, 4) is 11.3 Å². The Morgan fingerprint density at radius 2 is 1.84 bits per heavy atom. The lowest BCUT2D eigenvalue weighted by Crippen LogP contribution is -2.29. The number of carbonyl (C=O) groups is 2. The van der Waals surface area contributed by atoms with Gasteiger partial charge in [-0.25, -0.2) is 8.78 Å². The van der Waals surface area contributed by atoms with Gasteiger partial charge in [-0.2, -0.15) is 0 Å². The number of nitrogens with one attached hydrogen (secondary N) is 3. The van der Waals surface area contributed by atoms with E-state index in [1.54, 1.807) is 31.4 Å². The molecule has 1 aromatic heterocycles. The van der Waals surface area contributed by atoms with Crippen LogP contribution in [0.4, 0.5) is 25.8 Å². The van der Waals surface area contributed by atoms with E-state index in [4.69, 9.17) is 5.41 Å². The highest BCUT2D eigenvalue weighted by Crippen LogP contribution is 2.34. The van der Waals surface area contributed by atoms with E-state index in [2.05, 4.69) is 15.6 Å². The molecule has 3 rings (SSSR count). The maximum Gasteiger partial charge on any atom is 0.273 e. The normalized spacial score (nSPS) is 11.5. The molecule has 7 nitrogen and oxygen atoms in total. The van der Waals surface area contributed by atoms with E-state index in [0.29, 0.717) is 17.7 Å². The molecule has 1 amide bonds. The summed E-state index contributed by atoms with van der Waals surface area (Å²) >= 11 is 0. The lowest BCUT2D eigenvalue weighted by atomic mass is 10.0. The maximum atomic E-state index is 13.2. The molecule has 9 heteroatoms. The van der Waals surface area contributed by atoms with Crippen molar-refractivity contribution in [2.75, 3.05) is 36.7 Å². The topological polar surface area (TPSA) is 98.2 Å². The summed E-state index contributed by atoms with van der Waals surface area (Å²) in [5.41, 5.74) is 5.06. The SMILES string of the molecule is CC(=N)C(C=O)C(=O)Nc1ccc(N(C)C)c(-c2ncccc2C)c1.CCC(F)(F)c1cccc(NC)c1. The van der Waals surface area contributed by atoms with Crippen LogP contribution >= 0.6 is 0 Å². The fourth-order valence-electron chi connectivity index (χ4n) is 3.65. The van der Waals surface area contributed by atoms with Crippen LogP contribution in [0.25, 0.3) is 11.3 Å². The Balaban J connectivity index is 0.000000328. The third-order valence-electron chi connectivity index (χ3n) is 5.91. The van der Waals surface area contributed by atoms with Crippen molar-refractivity contribution in [2.45, 2.75) is 33.1 Å². The predicted octanol–water partition coefficient (Wildman–Crippen LogP) is 6.15. The summed E-state index contributed by atoms with van der Waals surface area (Å²) in [6.07, 6.45) is 2.05. The van der Waals surface area contributed by atoms with Crippen molar-refractivity contribution in [2.24, 2.45) is 5.92 Å². The zero-order chi connectivity index (χ0) is 28.5. The van der Waals surface area contributed by atoms with E-state index in [-0.39, 0.29) is 17.7 Å². The summed E-state index contributed by atoms with van der Waals surface area (Å²) in [6.45, 7) is 4.90. The van der Waals surface area contributed by atoms with Gasteiger partial charge in [0.2, 0.25) is 5.91 Å². The number of alkyl halides is 2. The Bertz CT molecular complexity index is 1280. The average molecular weight is 524 g/mol. The molecule has 38 heavy (non-hydrogen) atoms. The molecular weight excluding hydrogens is 488 g/mol. The highest BCUT2D eigenvalue weighted by molar-refractivity contribution is 6.17. The quantitative estimate of drug-likeness (QED) is 0.178. The second-order valence-corrected chi connectivity index (χ2v) is 8.97. The van der Waals surface area contributed by atoms with Crippen LogP contribution in [0.1, 0.15) is 31.4 Å². The minimum atomic E-state index is -2.72. The van der Waals surface area contributed by atoms with Crippen molar-refractivity contribution in [3.63, 3.8) is 0 Å². The van der Waals surface area contributed by atoms with Gasteiger partial charge >= 0.3 is 0 Å². The molecule has 0 aliphatic heterocycles. The molecule has 0 fully saturated rings. The summed E-state index contributed by atoms with van der Waals surface area (Å²) in [7, 11) is 5.59. The van der Waals surface area contributed by atoms with Gasteiger partial charge < -0.3 is 25.7 Å². The van der Waals surface area contributed by atoms with E-state index in [1.807, 2.05) is 50.2 Å². The first kappa shape index (κ1) is 30.1. The van der Waals surface area contributed by atoms with Crippen LogP contribution in [0, 0.1) is 18.3 Å². The van der Waals surface area contributed by atoms with Gasteiger partial charge in [0.15, 0.2) is 0 Å². The Kier molecular flexibility index (Phi) is 10.6. The standard InChI is InChI=1S/C19H22N4O2.C10H13F2N/c1-12-6-5-9-21-18(12)15-10-14(7-8-17(15)23(3)4)22-19(25)16(11-24)13(2)20;1-3-10(11,12)8-5-4-6-9(7-8)13-2/h5-11,16,20H,1-4H3,(H,22,25);4-7,13H,3H2,1-2H3. The van der Waals surface area contributed by atoms with Gasteiger partial charge in [0.1, 0.15) is 12.2 Å². The summed E-state index contributed by atoms with van der Waals surface area (Å²) < 4.78 is 26.3. The Morgan fingerprint density at radius 1 is 1.13 bits per heavy atom. The number of halogens is 2. The van der Waals surface area contributed by atoms with E-state index in [9.17, 15) is 18.4 Å². The smallest absolute Gasteiger partial charge is 0.273 e. The molecule has 1 unspecified atom stereocenters. The van der Waals surface area contributed by atoms with E-state index in [0.717, 1.165) is 22.5 Å². The number of pyridine rings is 1. The molecule has 0 aliphatic rings. The van der Waals surface area contributed by atoms with Crippen molar-refractivity contribution >= 4 is 35.0 Å². The highest BCUT2D eigenvalue weighted by Gasteiger charge is 2.28. The van der Waals surface area contributed by atoms with Crippen LogP contribution in [0.15, 0.2) is 60.8 Å². The number of benzene rings is 2. The monoisotopic (exact) mass is 523 g/mol. The van der Waals surface area contributed by atoms with Crippen LogP contribution in [0.2, 0.25) is 0 Å². The molecule has 0 radical (unpaired) electrons. The zero-order valence-corrected chi connectivity index (χ0v) is 22.6. The van der Waals surface area contributed by atoms with Crippen molar-refractivity contribution in [1.29, 1.82) is 5.41 Å². The van der Waals surface area contributed by atoms with Gasteiger partial charge in [0, 0.05) is 67.7 Å². The van der Waals surface area contributed by atoms with Gasteiger partial charge in [0.25, 0.3) is 5.92 Å². The molecule has 1 heterocycles. The van der Waals surface area contributed by atoms with Gasteiger partial charge in [0.05, 0.1) is 5.69 Å². The lowest BCUT2D eigenvalue weighted by Gasteiger charge is -2.20. The lowest BCUT2D eigenvalue weighted by molar-refractivity contribution is -0.122. The largest absolute Gasteiger partial charge is 0.388 e.